The van der Waals surface area contributed by atoms with Gasteiger partial charge in [0.25, 0.3) is 0 Å². The van der Waals surface area contributed by atoms with Gasteiger partial charge in [-0.1, -0.05) is 6.07 Å². The van der Waals surface area contributed by atoms with Gasteiger partial charge in [0.2, 0.25) is 16.0 Å². The average molecular weight is 447 g/mol. The van der Waals surface area contributed by atoms with Gasteiger partial charge >= 0.3 is 0 Å². The molecule has 30 heavy (non-hydrogen) atoms. The summed E-state index contributed by atoms with van der Waals surface area (Å²) in [7, 11) is -3.66. The highest BCUT2D eigenvalue weighted by atomic mass is 32.2. The largest absolute Gasteiger partial charge is 0.325 e. The Morgan fingerprint density at radius 3 is 2.70 bits per heavy atom. The van der Waals surface area contributed by atoms with E-state index in [2.05, 4.69) is 20.0 Å². The molecule has 0 amide bonds. The van der Waals surface area contributed by atoms with E-state index in [0.29, 0.717) is 11.2 Å². The van der Waals surface area contributed by atoms with Crippen molar-refractivity contribution in [3.8, 4) is 11.1 Å². The van der Waals surface area contributed by atoms with E-state index in [4.69, 9.17) is 0 Å². The molecule has 6 nitrogen and oxygen atoms in total. The molecule has 2 heterocycles. The summed E-state index contributed by atoms with van der Waals surface area (Å²) in [4.78, 5) is 7.11. The van der Waals surface area contributed by atoms with E-state index in [9.17, 15) is 17.2 Å². The molecule has 2 aromatic carbocycles. The Kier molecular flexibility index (Phi) is 4.57. The van der Waals surface area contributed by atoms with Gasteiger partial charge in [-0.15, -0.1) is 0 Å². The van der Waals surface area contributed by atoms with Crippen LogP contribution in [0.3, 0.4) is 0 Å². The molecule has 0 atom stereocenters. The van der Waals surface area contributed by atoms with Gasteiger partial charge in [0.1, 0.15) is 5.52 Å². The molecule has 0 radical (unpaired) electrons. The SMILES string of the molecule is O=S(=O)(NC1CC1)c1ccc(-c2ccsc2)c(Nc2nc3c(F)c(F)ccc3[nH]2)c1. The number of H-pyrrole nitrogens is 1. The zero-order chi connectivity index (χ0) is 20.9. The molecule has 10 heteroatoms. The number of anilines is 2. The number of thiophene rings is 1. The Labute approximate surface area is 175 Å². The Hall–Kier alpha value is -2.82. The van der Waals surface area contributed by atoms with E-state index in [1.165, 1.54) is 23.5 Å². The maximum atomic E-state index is 14.0. The minimum atomic E-state index is -3.66. The number of nitrogens with zero attached hydrogens (tertiary/aromatic N) is 1. The highest BCUT2D eigenvalue weighted by Crippen LogP contribution is 2.34. The van der Waals surface area contributed by atoms with Gasteiger partial charge in [0.15, 0.2) is 11.6 Å². The summed E-state index contributed by atoms with van der Waals surface area (Å²) >= 11 is 1.51. The summed E-state index contributed by atoms with van der Waals surface area (Å²) in [6.45, 7) is 0. The quantitative estimate of drug-likeness (QED) is 0.399. The standard InChI is InChI=1S/C20H16F2N4O2S2/c21-15-5-6-16-19(18(15)22)25-20(23-16)24-17-9-13(30(27,28)26-12-1-2-12)3-4-14(17)11-7-8-29-10-11/h3-10,12,26H,1-2H2,(H2,23,24,25). The molecule has 0 saturated heterocycles. The minimum absolute atomic E-state index is 0.0174. The van der Waals surface area contributed by atoms with Gasteiger partial charge in [-0.2, -0.15) is 11.3 Å². The monoisotopic (exact) mass is 446 g/mol. The molecule has 0 aliphatic heterocycles. The topological polar surface area (TPSA) is 86.9 Å². The molecule has 3 N–H and O–H groups in total. The summed E-state index contributed by atoms with van der Waals surface area (Å²) in [6.07, 6.45) is 1.66. The summed E-state index contributed by atoms with van der Waals surface area (Å²) in [5, 5.41) is 6.88. The van der Waals surface area contributed by atoms with E-state index >= 15 is 0 Å². The number of nitrogens with one attached hydrogen (secondary N) is 3. The molecular formula is C20H16F2N4O2S2. The molecule has 154 valence electrons. The predicted molar refractivity (Wildman–Crippen MR) is 112 cm³/mol. The molecule has 5 rings (SSSR count). The summed E-state index contributed by atoms with van der Waals surface area (Å²) in [6, 6.07) is 9.10. The molecule has 1 aliphatic carbocycles. The molecule has 0 spiro atoms. The van der Waals surface area contributed by atoms with E-state index in [0.717, 1.165) is 30.0 Å². The number of benzene rings is 2. The third-order valence-corrected chi connectivity index (χ3v) is 7.03. The van der Waals surface area contributed by atoms with Gasteiger partial charge < -0.3 is 10.3 Å². The van der Waals surface area contributed by atoms with Crippen molar-refractivity contribution in [1.29, 1.82) is 0 Å². The lowest BCUT2D eigenvalue weighted by molar-refractivity contribution is 0.515. The molecule has 1 aliphatic rings. The third kappa shape index (κ3) is 3.57. The van der Waals surface area contributed by atoms with Gasteiger partial charge in [-0.3, -0.25) is 0 Å². The highest BCUT2D eigenvalue weighted by Gasteiger charge is 2.28. The first kappa shape index (κ1) is 19.2. The molecule has 0 bridgehead atoms. The first-order valence-corrected chi connectivity index (χ1v) is 11.6. The van der Waals surface area contributed by atoms with E-state index in [1.54, 1.807) is 12.1 Å². The molecular weight excluding hydrogens is 430 g/mol. The average Bonchev–Trinajstić information content (AvgIpc) is 3.18. The Morgan fingerprint density at radius 1 is 1.13 bits per heavy atom. The molecule has 1 saturated carbocycles. The zero-order valence-electron chi connectivity index (χ0n) is 15.4. The lowest BCUT2D eigenvalue weighted by Gasteiger charge is -2.13. The van der Waals surface area contributed by atoms with Crippen LogP contribution in [0.15, 0.2) is 52.1 Å². The maximum absolute atomic E-state index is 14.0. The lowest BCUT2D eigenvalue weighted by Crippen LogP contribution is -2.25. The van der Waals surface area contributed by atoms with Crippen molar-refractivity contribution in [2.45, 2.75) is 23.8 Å². The van der Waals surface area contributed by atoms with Crippen LogP contribution in [0.25, 0.3) is 22.2 Å². The zero-order valence-corrected chi connectivity index (χ0v) is 17.1. The van der Waals surface area contributed by atoms with Crippen molar-refractivity contribution in [2.24, 2.45) is 0 Å². The summed E-state index contributed by atoms with van der Waals surface area (Å²) in [5.41, 5.74) is 2.33. The van der Waals surface area contributed by atoms with Crippen molar-refractivity contribution >= 4 is 44.0 Å². The Morgan fingerprint density at radius 2 is 1.97 bits per heavy atom. The number of hydrogen-bond acceptors (Lipinski definition) is 5. The number of aromatic amines is 1. The number of imidazole rings is 1. The lowest BCUT2D eigenvalue weighted by atomic mass is 10.1. The van der Waals surface area contributed by atoms with Crippen LogP contribution in [0.1, 0.15) is 12.8 Å². The second-order valence-electron chi connectivity index (χ2n) is 7.08. The second kappa shape index (κ2) is 7.15. The molecule has 0 unspecified atom stereocenters. The Balaban J connectivity index is 1.58. The fourth-order valence-corrected chi connectivity index (χ4v) is 5.14. The Bertz CT molecular complexity index is 1350. The van der Waals surface area contributed by atoms with Crippen molar-refractivity contribution < 1.29 is 17.2 Å². The maximum Gasteiger partial charge on any atom is 0.240 e. The predicted octanol–water partition coefficient (Wildman–Crippen LogP) is 4.75. The molecule has 4 aromatic rings. The van der Waals surface area contributed by atoms with E-state index in [1.807, 2.05) is 16.8 Å². The number of sulfonamides is 1. The van der Waals surface area contributed by atoms with Gasteiger partial charge in [-0.05, 0) is 59.5 Å². The van der Waals surface area contributed by atoms with Gasteiger partial charge in [0.05, 0.1) is 16.1 Å². The number of rotatable bonds is 6. The first-order valence-electron chi connectivity index (χ1n) is 9.20. The highest BCUT2D eigenvalue weighted by molar-refractivity contribution is 7.89. The van der Waals surface area contributed by atoms with Crippen molar-refractivity contribution in [2.75, 3.05) is 5.32 Å². The van der Waals surface area contributed by atoms with Crippen LogP contribution in [-0.2, 0) is 10.0 Å². The third-order valence-electron chi connectivity index (χ3n) is 4.83. The first-order chi connectivity index (χ1) is 14.4. The summed E-state index contributed by atoms with van der Waals surface area (Å²) < 4.78 is 55.5. The molecule has 1 fully saturated rings. The van der Waals surface area contributed by atoms with Crippen LogP contribution >= 0.6 is 11.3 Å². The second-order valence-corrected chi connectivity index (χ2v) is 9.58. The van der Waals surface area contributed by atoms with E-state index < -0.39 is 21.7 Å². The molecule has 2 aromatic heterocycles. The minimum Gasteiger partial charge on any atom is -0.325 e. The van der Waals surface area contributed by atoms with Crippen LogP contribution in [0.2, 0.25) is 0 Å². The van der Waals surface area contributed by atoms with Crippen molar-refractivity contribution in [3.63, 3.8) is 0 Å². The van der Waals surface area contributed by atoms with Crippen LogP contribution < -0.4 is 10.0 Å². The number of halogens is 2. The normalized spacial score (nSPS) is 14.3. The summed E-state index contributed by atoms with van der Waals surface area (Å²) in [5.74, 6) is -1.85. The fraction of sp³-hybridized carbons (Fsp3) is 0.150. The van der Waals surface area contributed by atoms with Gasteiger partial charge in [-0.25, -0.2) is 26.9 Å². The van der Waals surface area contributed by atoms with Gasteiger partial charge in [0, 0.05) is 11.6 Å². The fourth-order valence-electron chi connectivity index (χ4n) is 3.16. The van der Waals surface area contributed by atoms with Crippen LogP contribution in [-0.4, -0.2) is 24.4 Å². The van der Waals surface area contributed by atoms with Crippen molar-refractivity contribution in [3.05, 3.63) is 58.8 Å². The van der Waals surface area contributed by atoms with E-state index in [-0.39, 0.29) is 22.4 Å². The number of hydrogen-bond donors (Lipinski definition) is 3. The number of fused-ring (bicyclic) bond motifs is 1. The number of aromatic nitrogens is 2. The van der Waals surface area contributed by atoms with Crippen LogP contribution in [0.4, 0.5) is 20.4 Å². The van der Waals surface area contributed by atoms with Crippen LogP contribution in [0.5, 0.6) is 0 Å². The smallest absolute Gasteiger partial charge is 0.240 e. The van der Waals surface area contributed by atoms with Crippen LogP contribution in [0, 0.1) is 11.6 Å². The van der Waals surface area contributed by atoms with Crippen molar-refractivity contribution in [1.82, 2.24) is 14.7 Å².